The Hall–Kier alpha value is -2.78. The van der Waals surface area contributed by atoms with E-state index in [0.717, 1.165) is 39.0 Å². The molecule has 0 unspecified atom stereocenters. The molecule has 46 heavy (non-hydrogen) atoms. The van der Waals surface area contributed by atoms with Gasteiger partial charge in [-0.2, -0.15) is 0 Å². The maximum absolute atomic E-state index is 7.08. The maximum Gasteiger partial charge on any atom is 0.492 e. The van der Waals surface area contributed by atoms with Crippen molar-refractivity contribution in [1.29, 1.82) is 0 Å². The van der Waals surface area contributed by atoms with Gasteiger partial charge in [-0.3, -0.25) is 0 Å². The van der Waals surface area contributed by atoms with E-state index in [1.54, 1.807) is 36.4 Å². The van der Waals surface area contributed by atoms with Gasteiger partial charge in [0.1, 0.15) is 0 Å². The molecule has 0 radical (unpaired) electrons. The lowest BCUT2D eigenvalue weighted by molar-refractivity contribution is 0.00578. The summed E-state index contributed by atoms with van der Waals surface area (Å²) in [7, 11) is -0.535. The molecule has 5 rings (SSSR count). The van der Waals surface area contributed by atoms with Gasteiger partial charge in [-0.1, -0.05) is 116 Å². The second-order valence-corrected chi connectivity index (χ2v) is 15.4. The highest BCUT2D eigenvalue weighted by Crippen LogP contribution is 2.37. The summed E-state index contributed by atoms with van der Waals surface area (Å²) >= 11 is 16.9. The van der Waals surface area contributed by atoms with E-state index in [0.29, 0.717) is 22.7 Å². The van der Waals surface area contributed by atoms with E-state index in [4.69, 9.17) is 35.6 Å². The van der Waals surface area contributed by atoms with Gasteiger partial charge in [0.25, 0.3) is 0 Å². The first-order chi connectivity index (χ1) is 21.6. The van der Waals surface area contributed by atoms with Crippen molar-refractivity contribution >= 4 is 115 Å². The summed E-state index contributed by atoms with van der Waals surface area (Å²) in [6.07, 6.45) is 0. The summed E-state index contributed by atoms with van der Waals surface area (Å²) in [6, 6.07) is 22.0. The Labute approximate surface area is 312 Å². The predicted octanol–water partition coefficient (Wildman–Crippen LogP) is 13.0. The fourth-order valence-electron chi connectivity index (χ4n) is 3.99. The lowest BCUT2D eigenvalue weighted by Gasteiger charge is -2.32. The molecule has 0 atom stereocenters. The largest absolute Gasteiger partial charge is 0.492 e. The molecule has 0 spiro atoms. The van der Waals surface area contributed by atoms with Gasteiger partial charge >= 0.3 is 7.12 Å². The van der Waals surface area contributed by atoms with Crippen LogP contribution in [0.5, 0.6) is 0 Å². The van der Waals surface area contributed by atoms with Crippen LogP contribution in [0.25, 0.3) is 30.5 Å². The van der Waals surface area contributed by atoms with Crippen LogP contribution >= 0.6 is 79.6 Å². The number of nitrogens with zero attached hydrogens (tertiary/aromatic N) is 4. The number of benzene rings is 4. The second kappa shape index (κ2) is 16.4. The van der Waals surface area contributed by atoms with Gasteiger partial charge in [0.15, 0.2) is 22.7 Å². The van der Waals surface area contributed by atoms with Crippen LogP contribution < -0.4 is 5.46 Å². The van der Waals surface area contributed by atoms with Crippen molar-refractivity contribution in [3.63, 3.8) is 0 Å². The van der Waals surface area contributed by atoms with Crippen molar-refractivity contribution in [1.82, 2.24) is 0 Å². The SMILES string of the molecule is Brc1cc(Br)cc(Br)c1.[C-]#[N+]c1cc([N+]#[C-])cc(-c2cc(Br)cc(Br)c2)c1.[C-]#[N+]c1cc([N+]#[C-])cc(B2OC(C)(C)C(C)(C)O2)c1. The standard InChI is InChI=1S/C14H15BN2O2.C14H6Br2N2.C6H3Br3/c1-13(2)14(3,4)19-15(18-13)10-7-11(16-5)9-12(8-10)17-6;1-17-13-5-10(6-14(8-13)18-2)9-3-11(15)7-12(16)4-9;7-4-1-5(8)3-6(9)2-4/h7-9H,1-4H3;3-8H;1-3H. The fourth-order valence-corrected chi connectivity index (χ4v) is 7.69. The topological polar surface area (TPSA) is 35.9 Å². The maximum atomic E-state index is 7.08. The summed E-state index contributed by atoms with van der Waals surface area (Å²) in [5, 5.41) is 0. The first-order valence-corrected chi connectivity index (χ1v) is 17.3. The average Bonchev–Trinajstić information content (AvgIpc) is 3.22. The zero-order chi connectivity index (χ0) is 34.2. The van der Waals surface area contributed by atoms with Gasteiger partial charge < -0.3 is 9.31 Å². The molecular weight excluding hydrogens is 907 g/mol. The highest BCUT2D eigenvalue weighted by Gasteiger charge is 2.51. The summed E-state index contributed by atoms with van der Waals surface area (Å²) in [5.74, 6) is 0. The Kier molecular flexibility index (Phi) is 13.4. The Morgan fingerprint density at radius 3 is 1.07 bits per heavy atom. The molecule has 0 saturated carbocycles. The molecule has 4 aromatic rings. The van der Waals surface area contributed by atoms with Crippen LogP contribution in [0, 0.1) is 26.3 Å². The molecule has 1 aliphatic rings. The van der Waals surface area contributed by atoms with Crippen molar-refractivity contribution in [2.75, 3.05) is 0 Å². The minimum atomic E-state index is -0.535. The number of hydrogen-bond acceptors (Lipinski definition) is 2. The van der Waals surface area contributed by atoms with Gasteiger partial charge in [0.2, 0.25) is 0 Å². The van der Waals surface area contributed by atoms with Crippen LogP contribution in [0.15, 0.2) is 95.2 Å². The lowest BCUT2D eigenvalue weighted by Crippen LogP contribution is -2.41. The van der Waals surface area contributed by atoms with E-state index in [1.165, 1.54) is 0 Å². The van der Waals surface area contributed by atoms with E-state index < -0.39 is 18.3 Å². The quantitative estimate of drug-likeness (QED) is 0.148. The molecule has 6 nitrogen and oxygen atoms in total. The average molecular weight is 931 g/mol. The minimum absolute atomic E-state index is 0.427. The molecule has 0 bridgehead atoms. The Morgan fingerprint density at radius 2 is 0.739 bits per heavy atom. The zero-order valence-electron chi connectivity index (χ0n) is 25.0. The molecule has 4 aromatic carbocycles. The molecule has 230 valence electrons. The molecule has 12 heteroatoms. The molecule has 0 N–H and O–H groups in total. The van der Waals surface area contributed by atoms with Crippen molar-refractivity contribution in [3.8, 4) is 11.1 Å². The zero-order valence-corrected chi connectivity index (χ0v) is 32.9. The molecule has 1 aliphatic heterocycles. The van der Waals surface area contributed by atoms with Crippen LogP contribution in [0.2, 0.25) is 0 Å². The second-order valence-electron chi connectivity index (χ2n) is 10.8. The Morgan fingerprint density at radius 1 is 0.457 bits per heavy atom. The molecule has 1 heterocycles. The van der Waals surface area contributed by atoms with Crippen LogP contribution in [0.1, 0.15) is 27.7 Å². The third-order valence-electron chi connectivity index (χ3n) is 6.89. The van der Waals surface area contributed by atoms with E-state index >= 15 is 0 Å². The molecule has 1 saturated heterocycles. The molecule has 0 aliphatic carbocycles. The summed E-state index contributed by atoms with van der Waals surface area (Å²) < 4.78 is 17.0. The third kappa shape index (κ3) is 10.4. The molecule has 0 aromatic heterocycles. The van der Waals surface area contributed by atoms with Crippen molar-refractivity contribution < 1.29 is 9.31 Å². The predicted molar refractivity (Wildman–Crippen MR) is 204 cm³/mol. The van der Waals surface area contributed by atoms with E-state index in [2.05, 4.69) is 99.0 Å². The van der Waals surface area contributed by atoms with Gasteiger partial charge in [-0.25, -0.2) is 19.4 Å². The fraction of sp³-hybridized carbons (Fsp3) is 0.176. The Bertz CT molecular complexity index is 1790. The third-order valence-corrected chi connectivity index (χ3v) is 9.18. The normalized spacial score (nSPS) is 13.8. The van der Waals surface area contributed by atoms with E-state index in [9.17, 15) is 0 Å². The summed E-state index contributed by atoms with van der Waals surface area (Å²) in [6.45, 7) is 36.2. The molecular formula is C34H24BBr5N4O2. The van der Waals surface area contributed by atoms with Crippen molar-refractivity contribution in [3.05, 3.63) is 141 Å². The van der Waals surface area contributed by atoms with Crippen LogP contribution in [0.3, 0.4) is 0 Å². The summed E-state index contributed by atoms with van der Waals surface area (Å²) in [4.78, 5) is 13.5. The number of rotatable bonds is 2. The highest BCUT2D eigenvalue weighted by molar-refractivity contribution is 9.11. The van der Waals surface area contributed by atoms with Crippen LogP contribution in [-0.2, 0) is 9.31 Å². The van der Waals surface area contributed by atoms with Crippen molar-refractivity contribution in [2.24, 2.45) is 0 Å². The monoisotopic (exact) mass is 926 g/mol. The van der Waals surface area contributed by atoms with E-state index in [1.807, 2.05) is 64.1 Å². The molecule has 1 fully saturated rings. The highest BCUT2D eigenvalue weighted by atomic mass is 79.9. The molecule has 0 amide bonds. The first kappa shape index (κ1) is 37.7. The van der Waals surface area contributed by atoms with E-state index in [-0.39, 0.29) is 0 Å². The smallest absolute Gasteiger partial charge is 0.399 e. The van der Waals surface area contributed by atoms with Crippen LogP contribution in [0.4, 0.5) is 22.7 Å². The van der Waals surface area contributed by atoms with Gasteiger partial charge in [0, 0.05) is 22.4 Å². The van der Waals surface area contributed by atoms with Gasteiger partial charge in [-0.15, -0.1) is 0 Å². The van der Waals surface area contributed by atoms with Crippen LogP contribution in [-0.4, -0.2) is 18.3 Å². The number of halogens is 5. The van der Waals surface area contributed by atoms with Crippen molar-refractivity contribution in [2.45, 2.75) is 38.9 Å². The summed E-state index contributed by atoms with van der Waals surface area (Å²) in [5.41, 5.74) is 3.52. The van der Waals surface area contributed by atoms with Gasteiger partial charge in [-0.05, 0) is 80.7 Å². The lowest BCUT2D eigenvalue weighted by atomic mass is 9.78. The number of hydrogen-bond donors (Lipinski definition) is 0. The van der Waals surface area contributed by atoms with Gasteiger partial charge in [0.05, 0.1) is 37.5 Å². The minimum Gasteiger partial charge on any atom is -0.399 e. The first-order valence-electron chi connectivity index (χ1n) is 13.3. The Balaban J connectivity index is 0.000000200.